The van der Waals surface area contributed by atoms with E-state index in [2.05, 4.69) is 10.3 Å². The van der Waals surface area contributed by atoms with Crippen LogP contribution in [-0.2, 0) is 16.1 Å². The van der Waals surface area contributed by atoms with Crippen molar-refractivity contribution in [2.45, 2.75) is 38.4 Å². The first-order valence-electron chi connectivity index (χ1n) is 11.5. The number of likely N-dealkylation sites (N-methyl/N-ethyl adjacent to an activating group) is 1. The zero-order chi connectivity index (χ0) is 26.0. The number of nitrogens with zero attached hydrogens (tertiary/aromatic N) is 3. The average Bonchev–Trinajstić information content (AvgIpc) is 3.05. The summed E-state index contributed by atoms with van der Waals surface area (Å²) in [6.45, 7) is 2.04. The molecule has 0 saturated heterocycles. The fourth-order valence-corrected chi connectivity index (χ4v) is 4.39. The molecule has 0 aliphatic carbocycles. The lowest BCUT2D eigenvalue weighted by Gasteiger charge is -2.27. The number of rotatable bonds is 1. The van der Waals surface area contributed by atoms with E-state index in [0.717, 1.165) is 6.07 Å². The summed E-state index contributed by atoms with van der Waals surface area (Å²) < 4.78 is 26.8. The summed E-state index contributed by atoms with van der Waals surface area (Å²) in [5.74, 6) is -2.56. The van der Waals surface area contributed by atoms with E-state index < -0.39 is 46.7 Å². The minimum absolute atomic E-state index is 0.0445. The van der Waals surface area contributed by atoms with E-state index >= 15 is 0 Å². The summed E-state index contributed by atoms with van der Waals surface area (Å²) in [5, 5.41) is 13.0. The van der Waals surface area contributed by atoms with Crippen molar-refractivity contribution in [1.82, 2.24) is 19.8 Å². The van der Waals surface area contributed by atoms with Gasteiger partial charge in [0.15, 0.2) is 5.69 Å². The van der Waals surface area contributed by atoms with E-state index in [-0.39, 0.29) is 43.0 Å². The molecule has 2 aromatic rings. The highest BCUT2D eigenvalue weighted by Crippen LogP contribution is 2.32. The number of benzene rings is 1. The molecule has 12 heteroatoms. The fourth-order valence-electron chi connectivity index (χ4n) is 4.15. The third-order valence-corrected chi connectivity index (χ3v) is 6.58. The van der Waals surface area contributed by atoms with Crippen LogP contribution in [0.1, 0.15) is 53.7 Å². The van der Waals surface area contributed by atoms with Gasteiger partial charge >= 0.3 is 0 Å². The van der Waals surface area contributed by atoms with E-state index in [1.54, 1.807) is 6.08 Å². The maximum atomic E-state index is 14.1. The Kier molecular flexibility index (Phi) is 7.60. The lowest BCUT2D eigenvalue weighted by molar-refractivity contribution is -0.128. The van der Waals surface area contributed by atoms with Crippen molar-refractivity contribution >= 4 is 23.4 Å². The third-order valence-electron chi connectivity index (χ3n) is 6.23. The number of carbonyl (C=O) groups is 2. The topological polar surface area (TPSA) is 123 Å². The molecule has 2 aliphatic heterocycles. The molecule has 2 amide bonds. The Hall–Kier alpha value is -3.44. The first-order valence-corrected chi connectivity index (χ1v) is 11.9. The first-order chi connectivity index (χ1) is 17.2. The van der Waals surface area contributed by atoms with E-state index in [1.807, 2.05) is 6.92 Å². The fraction of sp³-hybridized carbons (Fsp3) is 0.417. The molecule has 2 bridgehead atoms. The average molecular weight is 521 g/mol. The van der Waals surface area contributed by atoms with Gasteiger partial charge in [-0.2, -0.15) is 0 Å². The van der Waals surface area contributed by atoms with Gasteiger partial charge in [-0.3, -0.25) is 19.0 Å². The summed E-state index contributed by atoms with van der Waals surface area (Å²) in [4.78, 5) is 44.9. The molecule has 0 spiro atoms. The second kappa shape index (κ2) is 10.7. The van der Waals surface area contributed by atoms with Gasteiger partial charge in [-0.25, -0.2) is 9.37 Å². The highest BCUT2D eigenvalue weighted by Gasteiger charge is 2.34. The van der Waals surface area contributed by atoms with Gasteiger partial charge in [-0.05, 0) is 25.0 Å². The Morgan fingerprint density at radius 2 is 2.06 bits per heavy atom. The van der Waals surface area contributed by atoms with Gasteiger partial charge in [-0.1, -0.05) is 30.7 Å². The Bertz CT molecular complexity index is 1280. The second-order valence-electron chi connectivity index (χ2n) is 8.48. The van der Waals surface area contributed by atoms with Gasteiger partial charge in [0, 0.05) is 19.2 Å². The van der Waals surface area contributed by atoms with E-state index in [9.17, 15) is 23.9 Å². The number of nitrogens with one attached hydrogen (secondary N) is 1. The van der Waals surface area contributed by atoms with E-state index in [4.69, 9.17) is 21.1 Å². The summed E-state index contributed by atoms with van der Waals surface area (Å²) in [6.07, 6.45) is 3.78. The van der Waals surface area contributed by atoms with Gasteiger partial charge < -0.3 is 24.8 Å². The van der Waals surface area contributed by atoms with E-state index in [1.165, 1.54) is 28.7 Å². The number of ether oxygens (including phenoxy) is 2. The number of aromatic nitrogens is 2. The minimum atomic E-state index is -0.836. The zero-order valence-corrected chi connectivity index (χ0v) is 20.5. The number of aromatic hydroxyl groups is 1. The van der Waals surface area contributed by atoms with Crippen molar-refractivity contribution in [2.24, 2.45) is 0 Å². The van der Waals surface area contributed by atoms with E-state index in [0.29, 0.717) is 18.4 Å². The molecule has 2 aliphatic rings. The molecule has 2 unspecified atom stereocenters. The van der Waals surface area contributed by atoms with Crippen molar-refractivity contribution in [2.75, 3.05) is 26.9 Å². The zero-order valence-electron chi connectivity index (χ0n) is 19.8. The smallest absolute Gasteiger partial charge is 0.296 e. The standard InChI is InChI=1S/C24H26ClFN4O6/c1-3-14-11-35-12-16-22-28-19(20(32)24(34)30(14)22)23(33)27-10-13-7-8-15(26)18(25)21(13)36-9-5-4-6-17(31)29(16)2/h4,6-8,14,16,32H,3,5,9-12H2,1-2H3,(H,27,33). The Labute approximate surface area is 211 Å². The highest BCUT2D eigenvalue weighted by atomic mass is 35.5. The minimum Gasteiger partial charge on any atom is -0.501 e. The molecule has 36 heavy (non-hydrogen) atoms. The normalized spacial score (nSPS) is 20.8. The molecule has 192 valence electrons. The lowest BCUT2D eigenvalue weighted by Crippen LogP contribution is -2.39. The SMILES string of the molecule is CCC1COCC2c3nc(c(O)c(=O)n31)C(=O)NCc1ccc(F)c(Cl)c1OCCC=CC(=O)N2C. The monoisotopic (exact) mass is 520 g/mol. The number of hydrogen-bond donors (Lipinski definition) is 2. The predicted molar refractivity (Wildman–Crippen MR) is 128 cm³/mol. The van der Waals surface area contributed by atoms with Crippen LogP contribution >= 0.6 is 11.6 Å². The molecule has 3 heterocycles. The molecular weight excluding hydrogens is 495 g/mol. The number of carbonyl (C=O) groups excluding carboxylic acids is 2. The van der Waals surface area contributed by atoms with Crippen molar-refractivity contribution in [1.29, 1.82) is 0 Å². The van der Waals surface area contributed by atoms with Crippen molar-refractivity contribution in [3.05, 3.63) is 62.6 Å². The number of halogens is 2. The summed E-state index contributed by atoms with van der Waals surface area (Å²) >= 11 is 6.09. The molecule has 2 atom stereocenters. The molecule has 1 aromatic heterocycles. The van der Waals surface area contributed by atoms with Crippen LogP contribution in [-0.4, -0.2) is 58.2 Å². The maximum Gasteiger partial charge on any atom is 0.296 e. The maximum absolute atomic E-state index is 14.1. The molecule has 0 radical (unpaired) electrons. The quantitative estimate of drug-likeness (QED) is 0.592. The van der Waals surface area contributed by atoms with Gasteiger partial charge in [0.25, 0.3) is 11.5 Å². The van der Waals surface area contributed by atoms with Gasteiger partial charge in [-0.15, -0.1) is 0 Å². The lowest BCUT2D eigenvalue weighted by atomic mass is 10.1. The largest absolute Gasteiger partial charge is 0.501 e. The van der Waals surface area contributed by atoms with Crippen LogP contribution in [0.4, 0.5) is 4.39 Å². The molecule has 0 saturated carbocycles. The van der Waals surface area contributed by atoms with Crippen LogP contribution in [0, 0.1) is 5.82 Å². The number of hydrogen-bond acceptors (Lipinski definition) is 7. The van der Waals surface area contributed by atoms with Gasteiger partial charge in [0.2, 0.25) is 11.7 Å². The Morgan fingerprint density at radius 3 is 2.81 bits per heavy atom. The molecule has 4 rings (SSSR count). The van der Waals surface area contributed by atoms with Crippen molar-refractivity contribution in [3.63, 3.8) is 0 Å². The van der Waals surface area contributed by atoms with Crippen molar-refractivity contribution in [3.8, 4) is 11.5 Å². The van der Waals surface area contributed by atoms with Crippen LogP contribution in [0.25, 0.3) is 0 Å². The molecular formula is C24H26ClFN4O6. The van der Waals surface area contributed by atoms with Crippen LogP contribution in [0.15, 0.2) is 29.1 Å². The second-order valence-corrected chi connectivity index (χ2v) is 8.86. The van der Waals surface area contributed by atoms with Crippen LogP contribution in [0.3, 0.4) is 0 Å². The van der Waals surface area contributed by atoms with Gasteiger partial charge in [0.05, 0.1) is 25.9 Å². The van der Waals surface area contributed by atoms with Gasteiger partial charge in [0.1, 0.15) is 28.5 Å². The number of fused-ring (bicyclic) bond motifs is 2. The van der Waals surface area contributed by atoms with Crippen LogP contribution in [0.2, 0.25) is 5.02 Å². The molecule has 1 aromatic carbocycles. The first kappa shape index (κ1) is 25.6. The molecule has 0 fully saturated rings. The Morgan fingerprint density at radius 1 is 1.28 bits per heavy atom. The molecule has 2 N–H and O–H groups in total. The third kappa shape index (κ3) is 4.80. The predicted octanol–water partition coefficient (Wildman–Crippen LogP) is 2.49. The van der Waals surface area contributed by atoms with Crippen molar-refractivity contribution < 1.29 is 28.6 Å². The number of amides is 2. The Balaban J connectivity index is 1.85. The summed E-state index contributed by atoms with van der Waals surface area (Å²) in [7, 11) is 1.54. The summed E-state index contributed by atoms with van der Waals surface area (Å²) in [6, 6.07) is 1.32. The van der Waals surface area contributed by atoms with Crippen LogP contribution in [0.5, 0.6) is 11.5 Å². The van der Waals surface area contributed by atoms with Crippen LogP contribution < -0.4 is 15.6 Å². The molecule has 10 nitrogen and oxygen atoms in total. The highest BCUT2D eigenvalue weighted by molar-refractivity contribution is 6.32. The summed E-state index contributed by atoms with van der Waals surface area (Å²) in [5.41, 5.74) is -0.920.